The minimum Gasteiger partial charge on any atom is -0.335 e. The molecule has 0 saturated heterocycles. The standard InChI is InChI=1S/C17H28N2O2/c1-13(2)16(20)19(15-11-7-4-8-12-15)17(21)18-14-9-5-3-6-10-14/h14-15H,1,3-12H2,2H3,(H,18,21). The van der Waals surface area contributed by atoms with E-state index in [1.54, 1.807) is 6.92 Å². The van der Waals surface area contributed by atoms with Gasteiger partial charge in [0, 0.05) is 17.7 Å². The van der Waals surface area contributed by atoms with Crippen molar-refractivity contribution in [2.45, 2.75) is 83.2 Å². The molecule has 0 radical (unpaired) electrons. The molecule has 0 bridgehead atoms. The van der Waals surface area contributed by atoms with Crippen molar-refractivity contribution in [1.29, 1.82) is 0 Å². The largest absolute Gasteiger partial charge is 0.335 e. The summed E-state index contributed by atoms with van der Waals surface area (Å²) < 4.78 is 0. The molecular formula is C17H28N2O2. The zero-order valence-electron chi connectivity index (χ0n) is 13.2. The summed E-state index contributed by atoms with van der Waals surface area (Å²) >= 11 is 0. The molecular weight excluding hydrogens is 264 g/mol. The highest BCUT2D eigenvalue weighted by molar-refractivity contribution is 6.03. The molecule has 0 aliphatic heterocycles. The second kappa shape index (κ2) is 7.62. The number of nitrogens with zero attached hydrogens (tertiary/aromatic N) is 1. The smallest absolute Gasteiger partial charge is 0.324 e. The maximum absolute atomic E-state index is 12.6. The number of carbonyl (C=O) groups excluding carboxylic acids is 2. The highest BCUT2D eigenvalue weighted by Gasteiger charge is 2.32. The molecule has 0 unspecified atom stereocenters. The highest BCUT2D eigenvalue weighted by atomic mass is 16.2. The lowest BCUT2D eigenvalue weighted by Gasteiger charge is -2.34. The van der Waals surface area contributed by atoms with Crippen LogP contribution in [0.3, 0.4) is 0 Å². The molecule has 0 aromatic rings. The number of imide groups is 1. The Labute approximate surface area is 128 Å². The quantitative estimate of drug-likeness (QED) is 0.805. The van der Waals surface area contributed by atoms with Crippen molar-refractivity contribution in [3.63, 3.8) is 0 Å². The molecule has 2 aliphatic carbocycles. The third-order valence-corrected chi connectivity index (χ3v) is 4.68. The zero-order chi connectivity index (χ0) is 15.2. The Morgan fingerprint density at radius 3 is 2.00 bits per heavy atom. The van der Waals surface area contributed by atoms with E-state index >= 15 is 0 Å². The summed E-state index contributed by atoms with van der Waals surface area (Å²) in [6.07, 6.45) is 10.9. The maximum Gasteiger partial charge on any atom is 0.324 e. The molecule has 0 spiro atoms. The Bertz CT molecular complexity index is 394. The van der Waals surface area contributed by atoms with E-state index in [0.717, 1.165) is 38.5 Å². The summed E-state index contributed by atoms with van der Waals surface area (Å²) in [6.45, 7) is 5.42. The topological polar surface area (TPSA) is 49.4 Å². The van der Waals surface area contributed by atoms with Crippen molar-refractivity contribution in [3.8, 4) is 0 Å². The van der Waals surface area contributed by atoms with Crippen molar-refractivity contribution >= 4 is 11.9 Å². The van der Waals surface area contributed by atoms with E-state index in [9.17, 15) is 9.59 Å². The van der Waals surface area contributed by atoms with Crippen molar-refractivity contribution in [2.75, 3.05) is 0 Å². The van der Waals surface area contributed by atoms with Gasteiger partial charge in [-0.05, 0) is 32.6 Å². The number of hydrogen-bond acceptors (Lipinski definition) is 2. The highest BCUT2D eigenvalue weighted by Crippen LogP contribution is 2.24. The lowest BCUT2D eigenvalue weighted by atomic mass is 9.93. The molecule has 0 aromatic carbocycles. The SMILES string of the molecule is C=C(C)C(=O)N(C(=O)NC1CCCCC1)C1CCCCC1. The summed E-state index contributed by atoms with van der Waals surface area (Å²) in [5, 5.41) is 3.08. The number of amides is 3. The van der Waals surface area contributed by atoms with Gasteiger partial charge in [0.2, 0.25) is 0 Å². The fourth-order valence-corrected chi connectivity index (χ4v) is 3.46. The van der Waals surface area contributed by atoms with Crippen LogP contribution in [0.25, 0.3) is 0 Å². The van der Waals surface area contributed by atoms with Crippen LogP contribution in [-0.4, -0.2) is 28.9 Å². The third kappa shape index (κ3) is 4.32. The fourth-order valence-electron chi connectivity index (χ4n) is 3.46. The van der Waals surface area contributed by atoms with E-state index in [0.29, 0.717) is 5.57 Å². The molecule has 0 heterocycles. The zero-order valence-corrected chi connectivity index (χ0v) is 13.2. The van der Waals surface area contributed by atoms with Crippen molar-refractivity contribution in [2.24, 2.45) is 0 Å². The lowest BCUT2D eigenvalue weighted by molar-refractivity contribution is -0.126. The molecule has 0 atom stereocenters. The van der Waals surface area contributed by atoms with Gasteiger partial charge in [-0.25, -0.2) is 4.79 Å². The van der Waals surface area contributed by atoms with E-state index in [-0.39, 0.29) is 24.0 Å². The molecule has 2 rings (SSSR count). The van der Waals surface area contributed by atoms with Crippen molar-refractivity contribution < 1.29 is 9.59 Å². The Hall–Kier alpha value is -1.32. The summed E-state index contributed by atoms with van der Waals surface area (Å²) in [6, 6.07) is 0.0728. The van der Waals surface area contributed by atoms with E-state index in [4.69, 9.17) is 0 Å². The van der Waals surface area contributed by atoms with Gasteiger partial charge in [0.1, 0.15) is 0 Å². The van der Waals surface area contributed by atoms with Gasteiger partial charge in [0.15, 0.2) is 0 Å². The van der Waals surface area contributed by atoms with Gasteiger partial charge < -0.3 is 5.32 Å². The molecule has 3 amide bonds. The van der Waals surface area contributed by atoms with Crippen LogP contribution in [0.4, 0.5) is 4.79 Å². The Morgan fingerprint density at radius 1 is 0.952 bits per heavy atom. The van der Waals surface area contributed by atoms with Crippen molar-refractivity contribution in [1.82, 2.24) is 10.2 Å². The average molecular weight is 292 g/mol. The Balaban J connectivity index is 2.03. The molecule has 2 fully saturated rings. The molecule has 4 heteroatoms. The van der Waals surface area contributed by atoms with Gasteiger partial charge >= 0.3 is 6.03 Å². The summed E-state index contributed by atoms with van der Waals surface area (Å²) in [7, 11) is 0. The predicted octanol–water partition coefficient (Wildman–Crippen LogP) is 3.77. The van der Waals surface area contributed by atoms with Gasteiger partial charge in [-0.1, -0.05) is 45.1 Å². The fraction of sp³-hybridized carbons (Fsp3) is 0.765. The van der Waals surface area contributed by atoms with Gasteiger partial charge in [-0.2, -0.15) is 0 Å². The second-order valence-corrected chi connectivity index (χ2v) is 6.53. The second-order valence-electron chi connectivity index (χ2n) is 6.53. The van der Waals surface area contributed by atoms with Crippen LogP contribution in [0.2, 0.25) is 0 Å². The molecule has 4 nitrogen and oxygen atoms in total. The number of carbonyl (C=O) groups is 2. The normalized spacial score (nSPS) is 20.8. The van der Waals surface area contributed by atoms with E-state index in [1.165, 1.54) is 30.6 Å². The van der Waals surface area contributed by atoms with Crippen LogP contribution in [0.1, 0.15) is 71.1 Å². The molecule has 2 saturated carbocycles. The van der Waals surface area contributed by atoms with Crippen LogP contribution >= 0.6 is 0 Å². The molecule has 1 N–H and O–H groups in total. The van der Waals surface area contributed by atoms with Gasteiger partial charge in [0.25, 0.3) is 5.91 Å². The van der Waals surface area contributed by atoms with E-state index < -0.39 is 0 Å². The first kappa shape index (κ1) is 16.1. The van der Waals surface area contributed by atoms with Crippen LogP contribution in [-0.2, 0) is 4.79 Å². The monoisotopic (exact) mass is 292 g/mol. The Morgan fingerprint density at radius 2 is 1.48 bits per heavy atom. The number of nitrogens with one attached hydrogen (secondary N) is 1. The molecule has 21 heavy (non-hydrogen) atoms. The number of urea groups is 1. The maximum atomic E-state index is 12.6. The average Bonchev–Trinajstić information content (AvgIpc) is 2.49. The van der Waals surface area contributed by atoms with E-state index in [2.05, 4.69) is 11.9 Å². The molecule has 118 valence electrons. The summed E-state index contributed by atoms with van der Waals surface area (Å²) in [4.78, 5) is 26.5. The molecule has 0 aromatic heterocycles. The molecule has 2 aliphatic rings. The van der Waals surface area contributed by atoms with Gasteiger partial charge in [0.05, 0.1) is 0 Å². The van der Waals surface area contributed by atoms with Gasteiger partial charge in [-0.3, -0.25) is 9.69 Å². The first-order chi connectivity index (χ1) is 10.1. The minimum absolute atomic E-state index is 0.0477. The third-order valence-electron chi connectivity index (χ3n) is 4.68. The lowest BCUT2D eigenvalue weighted by Crippen LogP contribution is -2.53. The Kier molecular flexibility index (Phi) is 5.83. The van der Waals surface area contributed by atoms with Crippen LogP contribution in [0.15, 0.2) is 12.2 Å². The van der Waals surface area contributed by atoms with Crippen LogP contribution in [0.5, 0.6) is 0 Å². The van der Waals surface area contributed by atoms with Crippen LogP contribution in [0, 0.1) is 0 Å². The first-order valence-electron chi connectivity index (χ1n) is 8.39. The predicted molar refractivity (Wildman–Crippen MR) is 83.9 cm³/mol. The van der Waals surface area contributed by atoms with E-state index in [1.807, 2.05) is 0 Å². The number of rotatable bonds is 3. The minimum atomic E-state index is -0.213. The summed E-state index contributed by atoms with van der Waals surface area (Å²) in [5.74, 6) is -0.213. The van der Waals surface area contributed by atoms with Crippen molar-refractivity contribution in [3.05, 3.63) is 12.2 Å². The van der Waals surface area contributed by atoms with Gasteiger partial charge in [-0.15, -0.1) is 0 Å². The number of hydrogen-bond donors (Lipinski definition) is 1. The summed E-state index contributed by atoms with van der Waals surface area (Å²) in [5.41, 5.74) is 0.444. The first-order valence-corrected chi connectivity index (χ1v) is 8.39. The van der Waals surface area contributed by atoms with Crippen LogP contribution < -0.4 is 5.32 Å².